The van der Waals surface area contributed by atoms with Gasteiger partial charge in [-0.2, -0.15) is 0 Å². The number of rotatable bonds is 14. The highest BCUT2D eigenvalue weighted by Gasteiger charge is 2.32. The molecule has 0 saturated heterocycles. The lowest BCUT2D eigenvalue weighted by atomic mass is 9.70. The van der Waals surface area contributed by atoms with E-state index in [0.717, 1.165) is 49.4 Å². The minimum atomic E-state index is 0.395. The number of hydrogen-bond donors (Lipinski definition) is 0. The third kappa shape index (κ3) is 14.4. The van der Waals surface area contributed by atoms with Crippen LogP contribution in [0.3, 0.4) is 0 Å². The molecule has 5 aromatic rings. The van der Waals surface area contributed by atoms with E-state index in [0.29, 0.717) is 17.8 Å². The topological polar surface area (TPSA) is 0 Å². The summed E-state index contributed by atoms with van der Waals surface area (Å²) in [6.45, 7) is 0. The fourth-order valence-corrected chi connectivity index (χ4v) is 18.1. The second kappa shape index (κ2) is 29.7. The second-order valence-electron chi connectivity index (χ2n) is 29.3. The van der Waals surface area contributed by atoms with E-state index < -0.39 is 0 Å². The van der Waals surface area contributed by atoms with Gasteiger partial charge in [0, 0.05) is 17.8 Å². The summed E-state index contributed by atoms with van der Waals surface area (Å²) in [5.74, 6) is 4.92. The Labute approximate surface area is 564 Å². The van der Waals surface area contributed by atoms with Crippen LogP contribution < -0.4 is 0 Å². The van der Waals surface area contributed by atoms with Crippen LogP contribution in [0.1, 0.15) is 189 Å². The zero-order valence-electron chi connectivity index (χ0n) is 55.9. The molecule has 0 amide bonds. The van der Waals surface area contributed by atoms with Gasteiger partial charge in [0.15, 0.2) is 0 Å². The monoisotopic (exact) mass is 1230 g/mol. The first kappa shape index (κ1) is 62.1. The summed E-state index contributed by atoms with van der Waals surface area (Å²) in [7, 11) is 0. The zero-order valence-corrected chi connectivity index (χ0v) is 55.9. The molecule has 0 heteroatoms. The molecule has 0 aliphatic heterocycles. The Balaban J connectivity index is 0.000000117. The number of allylic oxidation sites excluding steroid dienone is 32. The van der Waals surface area contributed by atoms with Gasteiger partial charge in [0.05, 0.1) is 0 Å². The summed E-state index contributed by atoms with van der Waals surface area (Å²) in [6.07, 6.45) is 81.9. The van der Waals surface area contributed by atoms with Crippen LogP contribution in [-0.4, -0.2) is 0 Å². The van der Waals surface area contributed by atoms with E-state index in [1.165, 1.54) is 230 Å². The molecule has 94 heavy (non-hydrogen) atoms. The largest absolute Gasteiger partial charge is 0.0836 e. The number of aryl methyl sites for hydroxylation is 2. The molecule has 3 unspecified atom stereocenters. The molecule has 0 nitrogen and oxygen atoms in total. The number of fused-ring (bicyclic) bond motifs is 4. The molecule has 0 bridgehead atoms. The Morgan fingerprint density at radius 3 is 1.26 bits per heavy atom. The maximum Gasteiger partial charge on any atom is 0.0281 e. The predicted octanol–water partition coefficient (Wildman–Crippen LogP) is 24.3. The number of benzene rings is 5. The normalized spacial score (nSPS) is 24.2. The summed E-state index contributed by atoms with van der Waals surface area (Å²) in [5, 5.41) is 0. The van der Waals surface area contributed by atoms with Gasteiger partial charge in [0.25, 0.3) is 0 Å². The van der Waals surface area contributed by atoms with E-state index in [-0.39, 0.29) is 0 Å². The van der Waals surface area contributed by atoms with Gasteiger partial charge in [0.1, 0.15) is 0 Å². The SMILES string of the molecule is C1=CC2C(=C1)C(Cc1ccc(Cc3ccccc3)cc1)=CC=C2c1ccc2c(c1)CCC2.C1=CC2C(C3=CCCC=C3)=CC=C(Cc3ccc(C4CCC(C5CCCCC5)CC4)cc3)C2=C1.C1=CC2C(C3=CCCC=C3)=CC=C(Cc3ccc(C4CCCCC4)cc3)C2=C1. The first-order chi connectivity index (χ1) is 46.6. The van der Waals surface area contributed by atoms with Crippen molar-refractivity contribution in [3.63, 3.8) is 0 Å². The molecule has 3 atom stereocenters. The molecule has 17 rings (SSSR count). The third-order valence-corrected chi connectivity index (χ3v) is 23.4. The van der Waals surface area contributed by atoms with Crippen molar-refractivity contribution in [1.82, 2.24) is 0 Å². The van der Waals surface area contributed by atoms with Gasteiger partial charge in [-0.05, 0) is 250 Å². The summed E-state index contributed by atoms with van der Waals surface area (Å²) in [5.41, 5.74) is 30.7. The zero-order chi connectivity index (χ0) is 62.8. The molecule has 3 fully saturated rings. The van der Waals surface area contributed by atoms with Gasteiger partial charge in [-0.3, -0.25) is 0 Å². The van der Waals surface area contributed by atoms with Gasteiger partial charge >= 0.3 is 0 Å². The van der Waals surface area contributed by atoms with Crippen molar-refractivity contribution in [2.24, 2.45) is 29.6 Å². The van der Waals surface area contributed by atoms with E-state index in [9.17, 15) is 0 Å². The van der Waals surface area contributed by atoms with Crippen LogP contribution in [0.4, 0.5) is 0 Å². The third-order valence-electron chi connectivity index (χ3n) is 23.4. The molecular formula is C94H98. The minimum absolute atomic E-state index is 0.395. The molecule has 0 spiro atoms. The molecule has 12 aliphatic rings. The van der Waals surface area contributed by atoms with Crippen LogP contribution in [-0.2, 0) is 38.5 Å². The summed E-state index contributed by atoms with van der Waals surface area (Å²) in [4.78, 5) is 0. The second-order valence-corrected chi connectivity index (χ2v) is 29.3. The average molecular weight is 1230 g/mol. The highest BCUT2D eigenvalue weighted by atomic mass is 14.4. The fraction of sp³-hybridized carbons (Fsp3) is 0.340. The van der Waals surface area contributed by atoms with E-state index in [2.05, 4.69) is 249 Å². The Hall–Kier alpha value is -8.06. The van der Waals surface area contributed by atoms with Gasteiger partial charge in [-0.15, -0.1) is 0 Å². The molecule has 3 saturated carbocycles. The number of hydrogen-bond acceptors (Lipinski definition) is 0. The Bertz CT molecular complexity index is 4070. The van der Waals surface area contributed by atoms with Crippen molar-refractivity contribution in [1.29, 1.82) is 0 Å². The van der Waals surface area contributed by atoms with Gasteiger partial charge < -0.3 is 0 Å². The Morgan fingerprint density at radius 1 is 0.309 bits per heavy atom. The highest BCUT2D eigenvalue weighted by Crippen LogP contribution is 2.47. The Kier molecular flexibility index (Phi) is 19.6. The van der Waals surface area contributed by atoms with E-state index >= 15 is 0 Å². The maximum atomic E-state index is 2.45. The van der Waals surface area contributed by atoms with Crippen molar-refractivity contribution in [2.75, 3.05) is 0 Å². The van der Waals surface area contributed by atoms with E-state index in [4.69, 9.17) is 0 Å². The van der Waals surface area contributed by atoms with Gasteiger partial charge in [-0.25, -0.2) is 0 Å². The average Bonchev–Trinajstić information content (AvgIpc) is 1.65. The van der Waals surface area contributed by atoms with Crippen molar-refractivity contribution < 1.29 is 0 Å². The van der Waals surface area contributed by atoms with Crippen LogP contribution in [0.25, 0.3) is 5.57 Å². The van der Waals surface area contributed by atoms with Gasteiger partial charge in [0.2, 0.25) is 0 Å². The standard InChI is InChI=1S/C34H40.C32H28.C28H30/c1-3-8-26(9-4-1)28-18-20-29(21-19-28)27-16-14-25(15-17-27)24-31-22-23-33(30-10-5-2-6-11-30)34-13-7-12-32(31)34;1-2-6-23(7-3-1)20-24-12-14-25(15-13-24)21-28-18-19-31(32-11-5-10-30(28)32)29-17-16-26-8-4-9-27(26)22-29;1-3-8-22(9-4-1)23-16-14-21(15-17-23)20-25-18-19-27(24-10-5-2-6-11-24)28-13-7-12-26(25)28/h5,7,10-17,22-23,26,28-29,34H,1-4,6,8-9,18-21,24H2;1-3,5-7,10-19,22,32H,4,8-9,20-21H2;5,7,10-19,22,28H,1-4,6,8-9,20H2. The molecular weight excluding hydrogens is 1130 g/mol. The first-order valence-electron chi connectivity index (χ1n) is 37.1. The van der Waals surface area contributed by atoms with E-state index in [1.807, 2.05) is 0 Å². The smallest absolute Gasteiger partial charge is 0.0281 e. The lowest BCUT2D eigenvalue weighted by Crippen LogP contribution is -2.23. The molecule has 474 valence electrons. The summed E-state index contributed by atoms with van der Waals surface area (Å²) < 4.78 is 0. The molecule has 12 aliphatic carbocycles. The summed E-state index contributed by atoms with van der Waals surface area (Å²) >= 11 is 0. The van der Waals surface area contributed by atoms with Crippen molar-refractivity contribution in [3.8, 4) is 0 Å². The summed E-state index contributed by atoms with van der Waals surface area (Å²) in [6, 6.07) is 46.3. The first-order valence-corrected chi connectivity index (χ1v) is 37.1. The molecule has 0 heterocycles. The van der Waals surface area contributed by atoms with Crippen molar-refractivity contribution in [2.45, 2.75) is 172 Å². The molecule has 0 radical (unpaired) electrons. The fourth-order valence-electron chi connectivity index (χ4n) is 18.1. The van der Waals surface area contributed by atoms with E-state index in [1.54, 1.807) is 22.3 Å². The van der Waals surface area contributed by atoms with Crippen molar-refractivity contribution >= 4 is 5.57 Å². The van der Waals surface area contributed by atoms with Crippen LogP contribution in [0, 0.1) is 29.6 Å². The van der Waals surface area contributed by atoms with Crippen LogP contribution in [0.2, 0.25) is 0 Å². The minimum Gasteiger partial charge on any atom is -0.0836 e. The van der Waals surface area contributed by atoms with Gasteiger partial charge in [-0.1, -0.05) is 300 Å². The molecule has 0 N–H and O–H groups in total. The maximum absolute atomic E-state index is 2.45. The highest BCUT2D eigenvalue weighted by molar-refractivity contribution is 5.79. The predicted molar refractivity (Wildman–Crippen MR) is 399 cm³/mol. The lowest BCUT2D eigenvalue weighted by Gasteiger charge is -2.36. The van der Waals surface area contributed by atoms with Crippen LogP contribution in [0.15, 0.2) is 305 Å². The molecule has 5 aromatic carbocycles. The quantitative estimate of drug-likeness (QED) is 0.104. The van der Waals surface area contributed by atoms with Crippen LogP contribution >= 0.6 is 0 Å². The van der Waals surface area contributed by atoms with Crippen molar-refractivity contribution in [3.05, 3.63) is 360 Å². The van der Waals surface area contributed by atoms with Crippen LogP contribution in [0.5, 0.6) is 0 Å². The molecule has 0 aromatic heterocycles. The lowest BCUT2D eigenvalue weighted by molar-refractivity contribution is 0.186. The Morgan fingerprint density at radius 2 is 0.745 bits per heavy atom.